The zero-order valence-corrected chi connectivity index (χ0v) is 14.9. The van der Waals surface area contributed by atoms with Crippen LogP contribution in [0.25, 0.3) is 0 Å². The Balaban J connectivity index is 0.000000141. The van der Waals surface area contributed by atoms with Crippen molar-refractivity contribution in [3.8, 4) is 0 Å². The molecule has 2 aliphatic carbocycles. The highest BCUT2D eigenvalue weighted by Gasteiger charge is 2.25. The van der Waals surface area contributed by atoms with Gasteiger partial charge >= 0.3 is 0 Å². The molecular formula is C12H16ClN5O4S2. The average Bonchev–Trinajstić information content (AvgIpc) is 3.40. The van der Waals surface area contributed by atoms with Crippen LogP contribution in [-0.4, -0.2) is 35.9 Å². The Hall–Kier alpha value is -1.43. The van der Waals surface area contributed by atoms with Crippen LogP contribution in [0.1, 0.15) is 37.8 Å². The van der Waals surface area contributed by atoms with Gasteiger partial charge in [-0.1, -0.05) is 0 Å². The number of halogens is 1. The summed E-state index contributed by atoms with van der Waals surface area (Å²) in [5, 5.41) is 4.78. The zero-order chi connectivity index (χ0) is 17.5. The van der Waals surface area contributed by atoms with E-state index in [1.165, 1.54) is 25.0 Å². The minimum Gasteiger partial charge on any atom is -0.333 e. The molecule has 132 valence electrons. The maximum Gasteiger partial charge on any atom is 0.280 e. The van der Waals surface area contributed by atoms with Gasteiger partial charge in [0.15, 0.2) is 10.1 Å². The van der Waals surface area contributed by atoms with E-state index in [0.29, 0.717) is 12.1 Å². The smallest absolute Gasteiger partial charge is 0.280 e. The molecular weight excluding hydrogens is 378 g/mol. The van der Waals surface area contributed by atoms with E-state index in [0.717, 1.165) is 25.7 Å². The molecule has 0 spiro atoms. The van der Waals surface area contributed by atoms with Crippen LogP contribution in [0.4, 0.5) is 0 Å². The molecule has 0 atom stereocenters. The highest BCUT2D eigenvalue weighted by Crippen LogP contribution is 2.35. The molecule has 0 radical (unpaired) electrons. The highest BCUT2D eigenvalue weighted by atomic mass is 35.7. The summed E-state index contributed by atoms with van der Waals surface area (Å²) in [7, 11) is -2.17. The molecule has 0 aromatic carbocycles. The fourth-order valence-electron chi connectivity index (χ4n) is 2.05. The first kappa shape index (κ1) is 17.4. The molecule has 24 heavy (non-hydrogen) atoms. The molecule has 4 rings (SSSR count). The van der Waals surface area contributed by atoms with E-state index >= 15 is 0 Å². The van der Waals surface area contributed by atoms with E-state index in [9.17, 15) is 16.8 Å². The first-order valence-corrected chi connectivity index (χ1v) is 11.0. The van der Waals surface area contributed by atoms with Crippen molar-refractivity contribution in [2.24, 2.45) is 5.14 Å². The topological polar surface area (TPSA) is 130 Å². The summed E-state index contributed by atoms with van der Waals surface area (Å²) >= 11 is 0. The Bertz CT molecular complexity index is 864. The summed E-state index contributed by atoms with van der Waals surface area (Å²) < 4.78 is 46.7. The van der Waals surface area contributed by atoms with Crippen molar-refractivity contribution < 1.29 is 16.8 Å². The van der Waals surface area contributed by atoms with Crippen LogP contribution in [0.5, 0.6) is 0 Å². The second-order valence-corrected chi connectivity index (χ2v) is 9.78. The Morgan fingerprint density at radius 1 is 0.917 bits per heavy atom. The third-order valence-electron chi connectivity index (χ3n) is 3.63. The van der Waals surface area contributed by atoms with Crippen LogP contribution in [0.15, 0.2) is 35.1 Å². The van der Waals surface area contributed by atoms with Crippen molar-refractivity contribution in [1.82, 2.24) is 19.1 Å². The predicted octanol–water partition coefficient (Wildman–Crippen LogP) is 1.01. The second kappa shape index (κ2) is 6.14. The lowest BCUT2D eigenvalue weighted by atomic mass is 10.7. The zero-order valence-electron chi connectivity index (χ0n) is 12.5. The summed E-state index contributed by atoms with van der Waals surface area (Å²) in [4.78, 5) is 7.39. The Labute approximate surface area is 143 Å². The summed E-state index contributed by atoms with van der Waals surface area (Å²) in [6, 6.07) is 0.873. The van der Waals surface area contributed by atoms with Gasteiger partial charge in [-0.3, -0.25) is 0 Å². The largest absolute Gasteiger partial charge is 0.333 e. The van der Waals surface area contributed by atoms with Crippen molar-refractivity contribution in [2.45, 2.75) is 47.8 Å². The van der Waals surface area contributed by atoms with Gasteiger partial charge in [-0.15, -0.1) is 0 Å². The molecule has 2 N–H and O–H groups in total. The van der Waals surface area contributed by atoms with Gasteiger partial charge in [0, 0.05) is 35.2 Å². The van der Waals surface area contributed by atoms with Gasteiger partial charge in [0.05, 0.1) is 12.7 Å². The summed E-state index contributed by atoms with van der Waals surface area (Å²) in [6.45, 7) is 0. The van der Waals surface area contributed by atoms with Crippen LogP contribution in [0.3, 0.4) is 0 Å². The van der Waals surface area contributed by atoms with Gasteiger partial charge in [-0.05, 0) is 25.7 Å². The number of hydrogen-bond donors (Lipinski definition) is 1. The van der Waals surface area contributed by atoms with Gasteiger partial charge in [0.1, 0.15) is 0 Å². The second-order valence-electron chi connectivity index (χ2n) is 5.76. The number of nitrogens with zero attached hydrogens (tertiary/aromatic N) is 4. The molecule has 0 bridgehead atoms. The molecule has 0 saturated heterocycles. The van der Waals surface area contributed by atoms with Crippen molar-refractivity contribution in [1.29, 1.82) is 0 Å². The number of primary sulfonamides is 1. The van der Waals surface area contributed by atoms with E-state index in [4.69, 9.17) is 15.8 Å². The van der Waals surface area contributed by atoms with Gasteiger partial charge in [-0.25, -0.2) is 31.9 Å². The monoisotopic (exact) mass is 393 g/mol. The van der Waals surface area contributed by atoms with E-state index in [1.807, 2.05) is 0 Å². The molecule has 0 amide bonds. The Morgan fingerprint density at radius 3 is 1.62 bits per heavy atom. The maximum absolute atomic E-state index is 10.8. The van der Waals surface area contributed by atoms with Gasteiger partial charge in [0.25, 0.3) is 19.1 Å². The number of imidazole rings is 2. The highest BCUT2D eigenvalue weighted by molar-refractivity contribution is 8.13. The Morgan fingerprint density at radius 2 is 1.33 bits per heavy atom. The minimum atomic E-state index is -3.65. The molecule has 2 aromatic heterocycles. The van der Waals surface area contributed by atoms with Crippen LogP contribution in [0, 0.1) is 0 Å². The molecule has 2 heterocycles. The lowest BCUT2D eigenvalue weighted by Gasteiger charge is -1.93. The van der Waals surface area contributed by atoms with E-state index < -0.39 is 19.1 Å². The Kier molecular flexibility index (Phi) is 4.45. The van der Waals surface area contributed by atoms with Gasteiger partial charge in [0.2, 0.25) is 0 Å². The van der Waals surface area contributed by atoms with Crippen LogP contribution >= 0.6 is 10.7 Å². The third kappa shape index (κ3) is 4.35. The minimum absolute atomic E-state index is 0.0469. The predicted molar refractivity (Wildman–Crippen MR) is 85.4 cm³/mol. The fourth-order valence-corrected chi connectivity index (χ4v) is 3.18. The summed E-state index contributed by atoms with van der Waals surface area (Å²) in [6.07, 6.45) is 10.4. The molecule has 2 fully saturated rings. The number of aromatic nitrogens is 4. The van der Waals surface area contributed by atoms with Gasteiger partial charge in [-0.2, -0.15) is 0 Å². The van der Waals surface area contributed by atoms with Crippen molar-refractivity contribution in [3.63, 3.8) is 0 Å². The average molecular weight is 394 g/mol. The molecule has 2 aromatic rings. The molecule has 0 unspecified atom stereocenters. The summed E-state index contributed by atoms with van der Waals surface area (Å²) in [5.41, 5.74) is 0. The molecule has 9 nitrogen and oxygen atoms in total. The number of sulfonamides is 1. The molecule has 12 heteroatoms. The fraction of sp³-hybridized carbons (Fsp3) is 0.500. The lowest BCUT2D eigenvalue weighted by Crippen LogP contribution is -2.12. The van der Waals surface area contributed by atoms with E-state index in [-0.39, 0.29) is 10.1 Å². The van der Waals surface area contributed by atoms with Crippen molar-refractivity contribution >= 4 is 29.8 Å². The number of rotatable bonds is 4. The SMILES string of the molecule is NS(=O)(=O)c1cn(C2CC2)cn1.O=S(=O)(Cl)c1cn(C2CC2)cn1. The normalized spacial score (nSPS) is 18.1. The maximum atomic E-state index is 10.8. The third-order valence-corrected chi connectivity index (χ3v) is 5.61. The van der Waals surface area contributed by atoms with Gasteiger partial charge < -0.3 is 9.13 Å². The van der Waals surface area contributed by atoms with E-state index in [1.54, 1.807) is 9.13 Å². The number of nitrogens with two attached hydrogens (primary N) is 1. The van der Waals surface area contributed by atoms with Crippen LogP contribution in [-0.2, 0) is 19.1 Å². The van der Waals surface area contributed by atoms with Crippen molar-refractivity contribution in [3.05, 3.63) is 25.0 Å². The first-order valence-electron chi connectivity index (χ1n) is 7.19. The van der Waals surface area contributed by atoms with Crippen LogP contribution in [0.2, 0.25) is 0 Å². The molecule has 2 aliphatic rings. The number of hydrogen-bond acceptors (Lipinski definition) is 6. The van der Waals surface area contributed by atoms with E-state index in [2.05, 4.69) is 9.97 Å². The quantitative estimate of drug-likeness (QED) is 0.771. The standard InChI is InChI=1S/C6H7ClN2O2S.C6H9N3O2S/c2*7-12(10,11)6-3-9(4-8-6)5-1-2-5/h3-5H,1-2H2;3-5H,1-2H2,(H2,7,10,11). The first-order chi connectivity index (χ1) is 11.1. The lowest BCUT2D eigenvalue weighted by molar-refractivity contribution is 0.594. The van der Waals surface area contributed by atoms with Crippen LogP contribution < -0.4 is 5.14 Å². The van der Waals surface area contributed by atoms with Crippen molar-refractivity contribution in [2.75, 3.05) is 0 Å². The summed E-state index contributed by atoms with van der Waals surface area (Å²) in [5.74, 6) is 0. The molecule has 0 aliphatic heterocycles. The molecule has 2 saturated carbocycles.